The molecule has 1 aliphatic carbocycles. The third-order valence-electron chi connectivity index (χ3n) is 6.15. The van der Waals surface area contributed by atoms with E-state index in [9.17, 15) is 23.6 Å². The second kappa shape index (κ2) is 9.08. The average Bonchev–Trinajstić information content (AvgIpc) is 3.67. The number of rotatable bonds is 5. The van der Waals surface area contributed by atoms with Gasteiger partial charge in [-0.15, -0.1) is 0 Å². The number of nitrogens with zero attached hydrogens (tertiary/aromatic N) is 3. The zero-order valence-corrected chi connectivity index (χ0v) is 20.6. The highest BCUT2D eigenvalue weighted by Crippen LogP contribution is 2.34. The summed E-state index contributed by atoms with van der Waals surface area (Å²) in [5, 5.41) is 5.05. The largest absolute Gasteiger partial charge is 0.338 e. The predicted octanol–water partition coefficient (Wildman–Crippen LogP) is 2.47. The second-order valence-electron chi connectivity index (χ2n) is 8.87. The van der Waals surface area contributed by atoms with Gasteiger partial charge in [-0.1, -0.05) is 29.2 Å². The Bertz CT molecular complexity index is 1790. The van der Waals surface area contributed by atoms with E-state index in [0.717, 1.165) is 15.2 Å². The Labute approximate surface area is 215 Å². The van der Waals surface area contributed by atoms with E-state index in [1.54, 1.807) is 18.2 Å². The number of hydrogen-bond donors (Lipinski definition) is 2. The van der Waals surface area contributed by atoms with Crippen molar-refractivity contribution in [2.45, 2.75) is 25.8 Å². The second-order valence-corrected chi connectivity index (χ2v) is 9.25. The van der Waals surface area contributed by atoms with Gasteiger partial charge in [0.1, 0.15) is 29.9 Å². The van der Waals surface area contributed by atoms with Crippen molar-refractivity contribution in [3.8, 4) is 5.69 Å². The summed E-state index contributed by atoms with van der Waals surface area (Å²) in [4.78, 5) is 52.2. The van der Waals surface area contributed by atoms with E-state index in [1.807, 2.05) is 0 Å². The number of nitrogens with one attached hydrogen (secondary N) is 2. The lowest BCUT2D eigenvalue weighted by Gasteiger charge is -2.20. The number of anilines is 3. The molecule has 186 valence electrons. The summed E-state index contributed by atoms with van der Waals surface area (Å²) in [6.07, 6.45) is 1.25. The predicted molar refractivity (Wildman–Crippen MR) is 142 cm³/mol. The van der Waals surface area contributed by atoms with Crippen LogP contribution in [0.5, 0.6) is 0 Å². The van der Waals surface area contributed by atoms with Crippen molar-refractivity contribution in [3.63, 3.8) is 0 Å². The van der Waals surface area contributed by atoms with Crippen LogP contribution in [0.4, 0.5) is 21.6 Å². The van der Waals surface area contributed by atoms with Gasteiger partial charge < -0.3 is 10.6 Å². The Kier molecular flexibility index (Phi) is 6.03. The summed E-state index contributed by atoms with van der Waals surface area (Å²) in [5.41, 5.74) is -1.34. The molecule has 2 aromatic heterocycles. The molecule has 0 atom stereocenters. The van der Waals surface area contributed by atoms with Crippen LogP contribution >= 0.6 is 11.6 Å². The lowest BCUT2D eigenvalue weighted by Crippen LogP contribution is -2.40. The first kappa shape index (κ1) is 24.6. The third-order valence-corrected chi connectivity index (χ3v) is 6.49. The number of carbonyl (C=O) groups is 1. The van der Waals surface area contributed by atoms with Gasteiger partial charge >= 0.3 is 5.69 Å². The highest BCUT2D eigenvalue weighted by molar-refractivity contribution is 6.35. The van der Waals surface area contributed by atoms with Crippen molar-refractivity contribution < 1.29 is 9.18 Å². The molecule has 2 aromatic carbocycles. The van der Waals surface area contributed by atoms with Crippen LogP contribution in [0.25, 0.3) is 16.6 Å². The molecule has 4 aromatic rings. The standard InChI is InChI=1S/C25H20BClFN5O4/c1-12(34)29-14-4-3-5-16(11-14)32-21-19(23(35)33(25(32)37)15-7-8-15)22(31(2)24(36)20(21)27)30-18-9-6-13(26)10-17(18)28/h3-6,9-11,15,30H,7-8H2,1-2H3,(H,29,34). The highest BCUT2D eigenvalue weighted by atomic mass is 35.5. The van der Waals surface area contributed by atoms with E-state index in [-0.39, 0.29) is 50.5 Å². The highest BCUT2D eigenvalue weighted by Gasteiger charge is 2.32. The lowest BCUT2D eigenvalue weighted by atomic mass is 9.96. The van der Waals surface area contributed by atoms with Crippen molar-refractivity contribution in [2.24, 2.45) is 7.05 Å². The Morgan fingerprint density at radius 1 is 1.11 bits per heavy atom. The molecule has 1 saturated carbocycles. The maximum atomic E-state index is 14.7. The van der Waals surface area contributed by atoms with Crippen molar-refractivity contribution >= 4 is 58.9 Å². The molecule has 37 heavy (non-hydrogen) atoms. The van der Waals surface area contributed by atoms with Crippen molar-refractivity contribution in [3.05, 3.63) is 84.5 Å². The summed E-state index contributed by atoms with van der Waals surface area (Å²) >= 11 is 6.50. The van der Waals surface area contributed by atoms with Gasteiger partial charge in [0.15, 0.2) is 0 Å². The molecule has 0 unspecified atom stereocenters. The van der Waals surface area contributed by atoms with Crippen molar-refractivity contribution in [2.75, 3.05) is 10.6 Å². The van der Waals surface area contributed by atoms with Gasteiger partial charge in [0.05, 0.1) is 16.9 Å². The zero-order valence-electron chi connectivity index (χ0n) is 19.8. The molecule has 5 rings (SSSR count). The van der Waals surface area contributed by atoms with Crippen molar-refractivity contribution in [1.29, 1.82) is 0 Å². The molecule has 1 amide bonds. The topological polar surface area (TPSA) is 107 Å². The molecule has 2 N–H and O–H groups in total. The normalized spacial score (nSPS) is 13.1. The van der Waals surface area contributed by atoms with E-state index in [0.29, 0.717) is 18.5 Å². The fourth-order valence-corrected chi connectivity index (χ4v) is 4.60. The maximum absolute atomic E-state index is 14.7. The quantitative estimate of drug-likeness (QED) is 0.394. The number of aromatic nitrogens is 3. The monoisotopic (exact) mass is 519 g/mol. The van der Waals surface area contributed by atoms with Crippen molar-refractivity contribution in [1.82, 2.24) is 13.7 Å². The SMILES string of the molecule is [B]c1ccc(Nc2c3c(=O)n(C4CC4)c(=O)n(-c4cccc(NC(C)=O)c4)c3c(Cl)c(=O)n2C)c(F)c1. The summed E-state index contributed by atoms with van der Waals surface area (Å²) in [7, 11) is 7.04. The number of pyridine rings is 1. The molecule has 0 saturated heterocycles. The average molecular weight is 520 g/mol. The van der Waals surface area contributed by atoms with E-state index >= 15 is 0 Å². The smallest absolute Gasteiger partial charge is 0.336 e. The van der Waals surface area contributed by atoms with E-state index in [2.05, 4.69) is 10.6 Å². The molecule has 1 aliphatic rings. The fourth-order valence-electron chi connectivity index (χ4n) is 4.29. The first-order valence-electron chi connectivity index (χ1n) is 11.4. The van der Waals surface area contributed by atoms with Gasteiger partial charge in [0.2, 0.25) is 5.91 Å². The number of carbonyl (C=O) groups excluding carboxylic acids is 1. The molecule has 12 heteroatoms. The first-order valence-corrected chi connectivity index (χ1v) is 11.8. The van der Waals surface area contributed by atoms with Crippen LogP contribution in [-0.2, 0) is 11.8 Å². The first-order chi connectivity index (χ1) is 17.6. The molecule has 2 radical (unpaired) electrons. The van der Waals surface area contributed by atoms with Gasteiger partial charge in [-0.05, 0) is 43.2 Å². The van der Waals surface area contributed by atoms with Gasteiger partial charge in [-0.25, -0.2) is 9.18 Å². The summed E-state index contributed by atoms with van der Waals surface area (Å²) in [5.74, 6) is -1.06. The molecule has 0 spiro atoms. The molecule has 0 bridgehead atoms. The number of hydrogen-bond acceptors (Lipinski definition) is 5. The van der Waals surface area contributed by atoms with Crippen LogP contribution < -0.4 is 32.9 Å². The third kappa shape index (κ3) is 4.25. The fraction of sp³-hybridized carbons (Fsp3) is 0.200. The Balaban J connectivity index is 1.90. The van der Waals surface area contributed by atoms with Gasteiger partial charge in [0.25, 0.3) is 11.1 Å². The Morgan fingerprint density at radius 2 is 1.84 bits per heavy atom. The van der Waals surface area contributed by atoms with Crippen LogP contribution in [-0.4, -0.2) is 27.5 Å². The van der Waals surface area contributed by atoms with Gasteiger partial charge in [-0.2, -0.15) is 0 Å². The summed E-state index contributed by atoms with van der Waals surface area (Å²) in [6, 6.07) is 9.99. The molecule has 9 nitrogen and oxygen atoms in total. The summed E-state index contributed by atoms with van der Waals surface area (Å²) in [6.45, 7) is 1.34. The minimum absolute atomic E-state index is 0.0319. The van der Waals surface area contributed by atoms with Crippen LogP contribution in [0.1, 0.15) is 25.8 Å². The minimum atomic E-state index is -0.706. The minimum Gasteiger partial charge on any atom is -0.338 e. The molecular weight excluding hydrogens is 500 g/mol. The van der Waals surface area contributed by atoms with Crippen LogP contribution in [0.15, 0.2) is 56.8 Å². The lowest BCUT2D eigenvalue weighted by molar-refractivity contribution is -0.114. The van der Waals surface area contributed by atoms with Crippen LogP contribution in [0, 0.1) is 5.82 Å². The van der Waals surface area contributed by atoms with E-state index in [1.165, 1.54) is 36.7 Å². The van der Waals surface area contributed by atoms with Gasteiger partial charge in [0, 0.05) is 25.7 Å². The maximum Gasteiger partial charge on any atom is 0.336 e. The zero-order chi connectivity index (χ0) is 26.6. The Hall–Kier alpha value is -4.12. The molecule has 2 heterocycles. The molecular formula is C25H20BClFN5O4. The van der Waals surface area contributed by atoms with Crippen LogP contribution in [0.2, 0.25) is 5.02 Å². The number of fused-ring (bicyclic) bond motifs is 1. The number of benzene rings is 2. The van der Waals surface area contributed by atoms with Crippen LogP contribution in [0.3, 0.4) is 0 Å². The Morgan fingerprint density at radius 3 is 2.49 bits per heavy atom. The number of amides is 1. The summed E-state index contributed by atoms with van der Waals surface area (Å²) < 4.78 is 18.1. The number of halogens is 2. The molecule has 0 aliphatic heterocycles. The van der Waals surface area contributed by atoms with E-state index in [4.69, 9.17) is 19.4 Å². The molecule has 1 fully saturated rings. The van der Waals surface area contributed by atoms with Gasteiger partial charge in [-0.3, -0.25) is 28.1 Å². The van der Waals surface area contributed by atoms with E-state index < -0.39 is 22.6 Å².